The van der Waals surface area contributed by atoms with Crippen LogP contribution in [0, 0.1) is 0 Å². The number of benzene rings is 6. The van der Waals surface area contributed by atoms with E-state index in [1.54, 1.807) is 0 Å². The first kappa shape index (κ1) is 28.8. The lowest BCUT2D eigenvalue weighted by molar-refractivity contribution is 0.591. The van der Waals surface area contributed by atoms with Crippen molar-refractivity contribution in [3.8, 4) is 16.8 Å². The third-order valence-corrected chi connectivity index (χ3v) is 15.1. The van der Waals surface area contributed by atoms with Crippen LogP contribution in [-0.4, -0.2) is 12.6 Å². The maximum Gasteiger partial charge on any atom is 0.180 e. The lowest BCUT2D eigenvalue weighted by Gasteiger charge is -2.31. The van der Waals surface area contributed by atoms with E-state index in [4.69, 9.17) is 0 Å². The van der Waals surface area contributed by atoms with Gasteiger partial charge in [0.2, 0.25) is 0 Å². The Kier molecular flexibility index (Phi) is 6.36. The quantitative estimate of drug-likeness (QED) is 0.176. The van der Waals surface area contributed by atoms with E-state index >= 15 is 0 Å². The van der Waals surface area contributed by atoms with Crippen LogP contribution in [0.25, 0.3) is 38.6 Å². The Bertz CT molecular complexity index is 2150. The molecule has 1 aromatic heterocycles. The minimum atomic E-state index is -2.52. The molecule has 2 heterocycles. The highest BCUT2D eigenvalue weighted by Crippen LogP contribution is 2.39. The molecule has 0 atom stereocenters. The first-order chi connectivity index (χ1) is 22.1. The number of rotatable bonds is 3. The second kappa shape index (κ2) is 10.2. The van der Waals surface area contributed by atoms with Gasteiger partial charge in [-0.1, -0.05) is 157 Å². The van der Waals surface area contributed by atoms with Crippen LogP contribution in [0.5, 0.6) is 0 Å². The van der Waals surface area contributed by atoms with Gasteiger partial charge in [-0.05, 0) is 78.1 Å². The predicted octanol–water partition coefficient (Wildman–Crippen LogP) is 8.74. The summed E-state index contributed by atoms with van der Waals surface area (Å²) in [6, 6.07) is 53.3. The van der Waals surface area contributed by atoms with Crippen molar-refractivity contribution in [2.75, 3.05) is 0 Å². The Morgan fingerprint density at radius 1 is 0.435 bits per heavy atom. The van der Waals surface area contributed by atoms with E-state index in [1.165, 1.54) is 70.5 Å². The van der Waals surface area contributed by atoms with E-state index in [0.717, 1.165) is 0 Å². The van der Waals surface area contributed by atoms with Gasteiger partial charge in [-0.2, -0.15) is 0 Å². The largest absolute Gasteiger partial charge is 0.309 e. The molecule has 46 heavy (non-hydrogen) atoms. The molecule has 0 spiro atoms. The van der Waals surface area contributed by atoms with Crippen LogP contribution in [0.15, 0.2) is 140 Å². The van der Waals surface area contributed by atoms with Crippen molar-refractivity contribution in [1.82, 2.24) is 4.57 Å². The van der Waals surface area contributed by atoms with Gasteiger partial charge >= 0.3 is 0 Å². The summed E-state index contributed by atoms with van der Waals surface area (Å²) < 4.78 is 2.53. The first-order valence-corrected chi connectivity index (χ1v) is 18.5. The zero-order chi connectivity index (χ0) is 31.8. The van der Waals surface area contributed by atoms with Crippen LogP contribution in [0.1, 0.15) is 52.7 Å². The third-order valence-electron chi connectivity index (χ3n) is 10.2. The molecule has 8 rings (SSSR count). The molecule has 0 N–H and O–H groups in total. The normalized spacial score (nSPS) is 14.0. The Morgan fingerprint density at radius 3 is 1.43 bits per heavy atom. The minimum absolute atomic E-state index is 0.0550. The summed E-state index contributed by atoms with van der Waals surface area (Å²) in [5, 5.41) is 8.43. The van der Waals surface area contributed by atoms with E-state index < -0.39 is 8.07 Å². The molecular weight excluding hydrogens is 571 g/mol. The van der Waals surface area contributed by atoms with Gasteiger partial charge in [0.1, 0.15) is 0 Å². The fourth-order valence-corrected chi connectivity index (χ4v) is 13.0. The molecule has 6 aromatic carbocycles. The van der Waals surface area contributed by atoms with Gasteiger partial charge in [0.15, 0.2) is 8.07 Å². The minimum Gasteiger partial charge on any atom is -0.309 e. The average molecular weight is 612 g/mol. The molecule has 0 amide bonds. The fourth-order valence-electron chi connectivity index (χ4n) is 7.81. The van der Waals surface area contributed by atoms with E-state index in [9.17, 15) is 0 Å². The van der Waals surface area contributed by atoms with Crippen LogP contribution in [-0.2, 0) is 10.8 Å². The molecule has 0 aliphatic carbocycles. The molecule has 1 aliphatic rings. The van der Waals surface area contributed by atoms with Crippen molar-refractivity contribution in [3.63, 3.8) is 0 Å². The topological polar surface area (TPSA) is 4.93 Å². The van der Waals surface area contributed by atoms with Crippen LogP contribution in [0.3, 0.4) is 0 Å². The van der Waals surface area contributed by atoms with Crippen LogP contribution in [0.2, 0.25) is 0 Å². The van der Waals surface area contributed by atoms with Crippen LogP contribution >= 0.6 is 0 Å². The van der Waals surface area contributed by atoms with Crippen molar-refractivity contribution in [2.45, 2.75) is 52.4 Å². The third kappa shape index (κ3) is 4.20. The van der Waals surface area contributed by atoms with E-state index in [2.05, 4.69) is 186 Å². The Morgan fingerprint density at radius 2 is 0.913 bits per heavy atom. The Hall–Kier alpha value is -4.66. The Balaban J connectivity index is 1.47. The van der Waals surface area contributed by atoms with Crippen LogP contribution in [0.4, 0.5) is 0 Å². The molecule has 7 aromatic rings. The first-order valence-electron chi connectivity index (χ1n) is 16.5. The standard InChI is InChI=1S/C44H41NSi/c1-43(2,3)30-21-24-35-36-25-22-31(44(4,5)6)28-40(36)45(39(35)27-30)32-23-26-42-38(29-32)37-19-13-14-20-41(37)46(42,33-15-9-7-10-16-33)34-17-11-8-12-18-34/h7-29H,1-6H3. The number of fused-ring (bicyclic) bond motifs is 6. The molecule has 1 aliphatic heterocycles. The predicted molar refractivity (Wildman–Crippen MR) is 201 cm³/mol. The molecule has 226 valence electrons. The van der Waals surface area contributed by atoms with Gasteiger partial charge in [0, 0.05) is 16.5 Å². The van der Waals surface area contributed by atoms with Gasteiger partial charge in [-0.15, -0.1) is 0 Å². The summed E-state index contributed by atoms with van der Waals surface area (Å²) in [4.78, 5) is 0. The molecule has 1 nitrogen and oxygen atoms in total. The van der Waals surface area contributed by atoms with Gasteiger partial charge in [-0.3, -0.25) is 0 Å². The van der Waals surface area contributed by atoms with Gasteiger partial charge in [0.05, 0.1) is 11.0 Å². The highest BCUT2D eigenvalue weighted by molar-refractivity contribution is 7.22. The molecule has 0 bridgehead atoms. The van der Waals surface area contributed by atoms with Crippen molar-refractivity contribution in [3.05, 3.63) is 151 Å². The summed E-state index contributed by atoms with van der Waals surface area (Å²) >= 11 is 0. The second-order valence-corrected chi connectivity index (χ2v) is 18.8. The zero-order valence-electron chi connectivity index (χ0n) is 27.7. The highest BCUT2D eigenvalue weighted by atomic mass is 28.3. The fraction of sp³-hybridized carbons (Fsp3) is 0.182. The lowest BCUT2D eigenvalue weighted by atomic mass is 9.86. The van der Waals surface area contributed by atoms with Crippen LogP contribution < -0.4 is 20.7 Å². The number of hydrogen-bond acceptors (Lipinski definition) is 0. The van der Waals surface area contributed by atoms with Gasteiger partial charge in [-0.25, -0.2) is 0 Å². The maximum absolute atomic E-state index is 2.53. The van der Waals surface area contributed by atoms with Gasteiger partial charge in [0.25, 0.3) is 0 Å². The molecule has 0 radical (unpaired) electrons. The highest BCUT2D eigenvalue weighted by Gasteiger charge is 2.48. The SMILES string of the molecule is CC(C)(C)c1ccc2c3ccc(C(C)(C)C)cc3n(-c3ccc4c(c3)-c3ccccc3[Si]4(c3ccccc3)c3ccccc3)c2c1. The smallest absolute Gasteiger partial charge is 0.180 e. The Labute approximate surface area is 274 Å². The van der Waals surface area contributed by atoms with Crippen molar-refractivity contribution < 1.29 is 0 Å². The molecule has 2 heteroatoms. The molecule has 0 saturated carbocycles. The average Bonchev–Trinajstić information content (AvgIpc) is 3.54. The summed E-state index contributed by atoms with van der Waals surface area (Å²) in [5.74, 6) is 0. The van der Waals surface area contributed by atoms with Crippen molar-refractivity contribution in [2.24, 2.45) is 0 Å². The summed E-state index contributed by atoms with van der Waals surface area (Å²) in [7, 11) is -2.52. The molecule has 0 saturated heterocycles. The molecule has 0 unspecified atom stereocenters. The maximum atomic E-state index is 2.53. The van der Waals surface area contributed by atoms with E-state index in [-0.39, 0.29) is 10.8 Å². The number of hydrogen-bond donors (Lipinski definition) is 0. The monoisotopic (exact) mass is 611 g/mol. The lowest BCUT2D eigenvalue weighted by Crippen LogP contribution is -2.72. The van der Waals surface area contributed by atoms with Crippen molar-refractivity contribution in [1.29, 1.82) is 0 Å². The summed E-state index contributed by atoms with van der Waals surface area (Å²) in [6.45, 7) is 13.8. The van der Waals surface area contributed by atoms with E-state index in [0.29, 0.717) is 0 Å². The molecule has 0 fully saturated rings. The summed E-state index contributed by atoms with van der Waals surface area (Å²) in [5.41, 5.74) is 9.31. The zero-order valence-corrected chi connectivity index (χ0v) is 28.7. The molecular formula is C44H41NSi. The number of aromatic nitrogens is 1. The van der Waals surface area contributed by atoms with Crippen molar-refractivity contribution >= 4 is 50.6 Å². The van der Waals surface area contributed by atoms with E-state index in [1.807, 2.05) is 0 Å². The summed E-state index contributed by atoms with van der Waals surface area (Å²) in [6.07, 6.45) is 0. The van der Waals surface area contributed by atoms with Gasteiger partial charge < -0.3 is 4.57 Å². The number of nitrogens with zero attached hydrogens (tertiary/aromatic N) is 1. The second-order valence-electron chi connectivity index (χ2n) is 15.1.